The Morgan fingerprint density at radius 3 is 2.57 bits per heavy atom. The van der Waals surface area contributed by atoms with E-state index < -0.39 is 0 Å². The second-order valence-corrected chi connectivity index (χ2v) is 4.96. The summed E-state index contributed by atoms with van der Waals surface area (Å²) < 4.78 is 10.3. The molecule has 1 aromatic rings. The van der Waals surface area contributed by atoms with Crippen LogP contribution in [0.25, 0.3) is 0 Å². The summed E-state index contributed by atoms with van der Waals surface area (Å²) in [4.78, 5) is 11.4. The Labute approximate surface area is 127 Å². The number of aryl methyl sites for hydroxylation is 1. The van der Waals surface area contributed by atoms with E-state index in [2.05, 4.69) is 27.1 Å². The minimum atomic E-state index is 0.707. The average Bonchev–Trinajstić information content (AvgIpc) is 2.44. The second-order valence-electron chi connectivity index (χ2n) is 4.96. The molecule has 6 heteroatoms. The van der Waals surface area contributed by atoms with Gasteiger partial charge in [0, 0.05) is 52.2 Å². The van der Waals surface area contributed by atoms with Crippen molar-refractivity contribution in [2.75, 3.05) is 52.4 Å². The highest BCUT2D eigenvalue weighted by Crippen LogP contribution is 2.08. The van der Waals surface area contributed by atoms with Crippen LogP contribution in [0, 0.1) is 6.92 Å². The number of ether oxygens (including phenoxy) is 2. The molecule has 0 saturated carbocycles. The van der Waals surface area contributed by atoms with Gasteiger partial charge < -0.3 is 14.8 Å². The zero-order chi connectivity index (χ0) is 15.5. The minimum Gasteiger partial charge on any atom is -0.385 e. The van der Waals surface area contributed by atoms with Gasteiger partial charge in [0.05, 0.1) is 13.2 Å². The first-order valence-electron chi connectivity index (χ1n) is 7.48. The van der Waals surface area contributed by atoms with Gasteiger partial charge in [0.15, 0.2) is 0 Å². The Morgan fingerprint density at radius 1 is 1.14 bits per heavy atom. The molecule has 0 bridgehead atoms. The minimum absolute atomic E-state index is 0.707. The smallest absolute Gasteiger partial charge is 0.144 e. The molecule has 0 aliphatic rings. The summed E-state index contributed by atoms with van der Waals surface area (Å²) in [6.45, 7) is 8.94. The molecule has 1 N–H and O–H groups in total. The van der Waals surface area contributed by atoms with Gasteiger partial charge in [0.1, 0.15) is 11.6 Å². The highest BCUT2D eigenvalue weighted by atomic mass is 16.5. The molecule has 0 aliphatic heterocycles. The summed E-state index contributed by atoms with van der Waals surface area (Å²) in [5, 5.41) is 3.24. The number of anilines is 1. The van der Waals surface area contributed by atoms with Crippen molar-refractivity contribution in [3.8, 4) is 0 Å². The van der Waals surface area contributed by atoms with Crippen LogP contribution in [0.3, 0.4) is 0 Å². The first-order chi connectivity index (χ1) is 10.2. The monoisotopic (exact) mass is 296 g/mol. The van der Waals surface area contributed by atoms with Crippen molar-refractivity contribution in [2.24, 2.45) is 0 Å². The summed E-state index contributed by atoms with van der Waals surface area (Å²) in [5.74, 6) is 1.74. The van der Waals surface area contributed by atoms with Crippen LogP contribution in [0.2, 0.25) is 0 Å². The van der Waals surface area contributed by atoms with Crippen molar-refractivity contribution in [2.45, 2.75) is 26.8 Å². The van der Waals surface area contributed by atoms with E-state index in [1.165, 1.54) is 0 Å². The fraction of sp³-hybridized carbons (Fsp3) is 0.733. The summed E-state index contributed by atoms with van der Waals surface area (Å²) in [5.41, 5.74) is 0.986. The van der Waals surface area contributed by atoms with Gasteiger partial charge in [0.25, 0.3) is 0 Å². The highest BCUT2D eigenvalue weighted by molar-refractivity contribution is 5.35. The van der Waals surface area contributed by atoms with E-state index in [9.17, 15) is 0 Å². The normalized spacial score (nSPS) is 11.1. The molecule has 0 amide bonds. The molecule has 0 aliphatic carbocycles. The molecule has 120 valence electrons. The van der Waals surface area contributed by atoms with E-state index >= 15 is 0 Å². The quantitative estimate of drug-likeness (QED) is 0.627. The number of hydrogen-bond acceptors (Lipinski definition) is 6. The first-order valence-corrected chi connectivity index (χ1v) is 7.48. The van der Waals surface area contributed by atoms with Gasteiger partial charge in [-0.2, -0.15) is 0 Å². The van der Waals surface area contributed by atoms with Crippen molar-refractivity contribution >= 4 is 5.82 Å². The van der Waals surface area contributed by atoms with E-state index in [-0.39, 0.29) is 0 Å². The van der Waals surface area contributed by atoms with Gasteiger partial charge in [-0.25, -0.2) is 9.97 Å². The second kappa shape index (κ2) is 10.5. The van der Waals surface area contributed by atoms with Crippen molar-refractivity contribution in [1.82, 2.24) is 14.9 Å². The van der Waals surface area contributed by atoms with Gasteiger partial charge in [-0.15, -0.1) is 0 Å². The van der Waals surface area contributed by atoms with Gasteiger partial charge in [-0.3, -0.25) is 4.90 Å². The molecular weight excluding hydrogens is 268 g/mol. The van der Waals surface area contributed by atoms with Crippen LogP contribution >= 0.6 is 0 Å². The van der Waals surface area contributed by atoms with Crippen LogP contribution in [0.15, 0.2) is 6.07 Å². The lowest BCUT2D eigenvalue weighted by Gasteiger charge is -2.21. The van der Waals surface area contributed by atoms with Gasteiger partial charge in [-0.05, 0) is 20.3 Å². The number of hydrogen-bond donors (Lipinski definition) is 1. The lowest BCUT2D eigenvalue weighted by molar-refractivity contribution is 0.127. The maximum atomic E-state index is 5.18. The zero-order valence-corrected chi connectivity index (χ0v) is 13.7. The van der Waals surface area contributed by atoms with E-state index in [1.807, 2.05) is 13.0 Å². The predicted octanol–water partition coefficient (Wildman–Crippen LogP) is 1.70. The van der Waals surface area contributed by atoms with Gasteiger partial charge in [-0.1, -0.05) is 0 Å². The molecule has 0 atom stereocenters. The lowest BCUT2D eigenvalue weighted by Crippen LogP contribution is -2.29. The molecule has 0 saturated heterocycles. The van der Waals surface area contributed by atoms with E-state index in [1.54, 1.807) is 14.2 Å². The summed E-state index contributed by atoms with van der Waals surface area (Å²) in [7, 11) is 3.45. The molecular formula is C15H28N4O2. The average molecular weight is 296 g/mol. The third-order valence-corrected chi connectivity index (χ3v) is 3.06. The third kappa shape index (κ3) is 7.36. The maximum Gasteiger partial charge on any atom is 0.144 e. The van der Waals surface area contributed by atoms with Gasteiger partial charge in [0.2, 0.25) is 0 Å². The maximum absolute atomic E-state index is 5.18. The molecule has 1 rings (SSSR count). The van der Waals surface area contributed by atoms with Crippen LogP contribution in [-0.4, -0.2) is 61.9 Å². The fourth-order valence-corrected chi connectivity index (χ4v) is 2.10. The van der Waals surface area contributed by atoms with Crippen LogP contribution in [0.1, 0.15) is 24.9 Å². The third-order valence-electron chi connectivity index (χ3n) is 3.06. The molecule has 1 heterocycles. The molecule has 1 aromatic heterocycles. The van der Waals surface area contributed by atoms with E-state index in [0.717, 1.165) is 56.5 Å². The summed E-state index contributed by atoms with van der Waals surface area (Å²) in [6.07, 6.45) is 0.992. The standard InChI is InChI=1S/C15H28N4O2/c1-5-16-14-11-13(2)17-15(18-14)12-19(8-10-21-4)7-6-9-20-3/h11H,5-10,12H2,1-4H3,(H,16,17,18). The first kappa shape index (κ1) is 17.8. The molecule has 0 aromatic carbocycles. The zero-order valence-electron chi connectivity index (χ0n) is 13.7. The summed E-state index contributed by atoms with van der Waals surface area (Å²) >= 11 is 0. The number of rotatable bonds is 11. The Hall–Kier alpha value is -1.24. The summed E-state index contributed by atoms with van der Waals surface area (Å²) in [6, 6.07) is 1.97. The Kier molecular flexibility index (Phi) is 8.89. The number of nitrogens with zero attached hydrogens (tertiary/aromatic N) is 3. The molecule has 0 spiro atoms. The van der Waals surface area contributed by atoms with Crippen molar-refractivity contribution in [3.63, 3.8) is 0 Å². The molecule has 0 fully saturated rings. The Bertz CT molecular complexity index is 401. The molecule has 0 radical (unpaired) electrons. The van der Waals surface area contributed by atoms with E-state index in [0.29, 0.717) is 6.61 Å². The van der Waals surface area contributed by atoms with Crippen LogP contribution in [0.4, 0.5) is 5.82 Å². The predicted molar refractivity (Wildman–Crippen MR) is 84.6 cm³/mol. The lowest BCUT2D eigenvalue weighted by atomic mass is 10.3. The molecule has 0 unspecified atom stereocenters. The fourth-order valence-electron chi connectivity index (χ4n) is 2.10. The van der Waals surface area contributed by atoms with Crippen molar-refractivity contribution in [1.29, 1.82) is 0 Å². The topological polar surface area (TPSA) is 59.5 Å². The molecule has 6 nitrogen and oxygen atoms in total. The largest absolute Gasteiger partial charge is 0.385 e. The Balaban J connectivity index is 2.66. The van der Waals surface area contributed by atoms with Crippen molar-refractivity contribution in [3.05, 3.63) is 17.6 Å². The number of nitrogens with one attached hydrogen (secondary N) is 1. The van der Waals surface area contributed by atoms with Crippen LogP contribution in [0.5, 0.6) is 0 Å². The Morgan fingerprint density at radius 2 is 1.90 bits per heavy atom. The van der Waals surface area contributed by atoms with Crippen molar-refractivity contribution < 1.29 is 9.47 Å². The van der Waals surface area contributed by atoms with Crippen LogP contribution < -0.4 is 5.32 Å². The SMILES string of the molecule is CCNc1cc(C)nc(CN(CCCOC)CCOC)n1. The molecule has 21 heavy (non-hydrogen) atoms. The van der Waals surface area contributed by atoms with Crippen LogP contribution in [-0.2, 0) is 16.0 Å². The van der Waals surface area contributed by atoms with Gasteiger partial charge >= 0.3 is 0 Å². The number of methoxy groups -OCH3 is 2. The number of aromatic nitrogens is 2. The highest BCUT2D eigenvalue weighted by Gasteiger charge is 2.09. The van der Waals surface area contributed by atoms with E-state index in [4.69, 9.17) is 9.47 Å².